The lowest BCUT2D eigenvalue weighted by Crippen LogP contribution is -2.32. The Bertz CT molecular complexity index is 362. The van der Waals surface area contributed by atoms with Gasteiger partial charge in [-0.3, -0.25) is 0 Å². The van der Waals surface area contributed by atoms with Crippen LogP contribution in [0.2, 0.25) is 0 Å². The maximum Gasteiger partial charge on any atom is 0.0962 e. The fraction of sp³-hybridized carbons (Fsp3) is 0.769. The fourth-order valence-electron chi connectivity index (χ4n) is 2.46. The lowest BCUT2D eigenvalue weighted by molar-refractivity contribution is 0.450. The molecule has 0 spiro atoms. The van der Waals surface area contributed by atoms with Gasteiger partial charge >= 0.3 is 0 Å². The molecule has 1 fully saturated rings. The maximum atomic E-state index is 4.79. The Morgan fingerprint density at radius 3 is 2.50 bits per heavy atom. The quantitative estimate of drug-likeness (QED) is 0.871. The highest BCUT2D eigenvalue weighted by Gasteiger charge is 2.27. The van der Waals surface area contributed by atoms with E-state index in [1.54, 1.807) is 0 Å². The summed E-state index contributed by atoms with van der Waals surface area (Å²) in [6.45, 7) is 6.60. The molecule has 3 heteroatoms. The number of aryl methyl sites for hydroxylation is 1. The largest absolute Gasteiger partial charge is 0.310 e. The van der Waals surface area contributed by atoms with Gasteiger partial charge in [-0.25, -0.2) is 4.98 Å². The van der Waals surface area contributed by atoms with Gasteiger partial charge in [0.2, 0.25) is 0 Å². The zero-order valence-corrected chi connectivity index (χ0v) is 11.6. The normalized spacial score (nSPS) is 18.2. The Kier molecular flexibility index (Phi) is 3.36. The summed E-state index contributed by atoms with van der Waals surface area (Å²) in [6.07, 6.45) is 5.45. The van der Waals surface area contributed by atoms with E-state index in [1.165, 1.54) is 41.3 Å². The summed E-state index contributed by atoms with van der Waals surface area (Å²) in [5.74, 6) is 0.741. The van der Waals surface area contributed by atoms with E-state index in [0.717, 1.165) is 5.92 Å². The van der Waals surface area contributed by atoms with Crippen LogP contribution in [0, 0.1) is 6.92 Å². The number of hydrogen-bond donors (Lipinski definition) is 1. The Balaban J connectivity index is 2.27. The van der Waals surface area contributed by atoms with Crippen molar-refractivity contribution < 1.29 is 0 Å². The van der Waals surface area contributed by atoms with Crippen molar-refractivity contribution >= 4 is 11.3 Å². The maximum absolute atomic E-state index is 4.79. The van der Waals surface area contributed by atoms with E-state index < -0.39 is 0 Å². The first-order chi connectivity index (χ1) is 7.54. The van der Waals surface area contributed by atoms with Gasteiger partial charge in [0.15, 0.2) is 0 Å². The SMILES string of the molecule is CNC(C)(C)c1sc(C2CCCC2)nc1C. The van der Waals surface area contributed by atoms with Crippen molar-refractivity contribution in [1.29, 1.82) is 0 Å². The van der Waals surface area contributed by atoms with Gasteiger partial charge in [-0.2, -0.15) is 0 Å². The Hall–Kier alpha value is -0.410. The van der Waals surface area contributed by atoms with Crippen molar-refractivity contribution in [3.8, 4) is 0 Å². The molecule has 0 amide bonds. The summed E-state index contributed by atoms with van der Waals surface area (Å²) in [6, 6.07) is 0. The minimum atomic E-state index is 0.0542. The van der Waals surface area contributed by atoms with Crippen molar-refractivity contribution in [2.75, 3.05) is 7.05 Å². The van der Waals surface area contributed by atoms with Gasteiger partial charge in [-0.15, -0.1) is 11.3 Å². The van der Waals surface area contributed by atoms with Crippen LogP contribution in [0.25, 0.3) is 0 Å². The van der Waals surface area contributed by atoms with Crippen LogP contribution in [0.3, 0.4) is 0 Å². The van der Waals surface area contributed by atoms with Crippen LogP contribution in [0.5, 0.6) is 0 Å². The molecule has 1 aliphatic carbocycles. The van der Waals surface area contributed by atoms with Crippen LogP contribution in [0.1, 0.15) is 61.0 Å². The standard InChI is InChI=1S/C13H22N2S/c1-9-11(13(2,3)14-4)16-12(15-9)10-7-5-6-8-10/h10,14H,5-8H2,1-4H3. The number of rotatable bonds is 3. The molecule has 1 heterocycles. The lowest BCUT2D eigenvalue weighted by atomic mass is 10.0. The van der Waals surface area contributed by atoms with E-state index in [1.807, 2.05) is 18.4 Å². The molecule has 0 unspecified atom stereocenters. The van der Waals surface area contributed by atoms with E-state index in [4.69, 9.17) is 4.98 Å². The Morgan fingerprint density at radius 1 is 1.31 bits per heavy atom. The van der Waals surface area contributed by atoms with E-state index in [2.05, 4.69) is 26.1 Å². The Labute approximate surface area is 102 Å². The van der Waals surface area contributed by atoms with E-state index in [9.17, 15) is 0 Å². The predicted molar refractivity (Wildman–Crippen MR) is 70.1 cm³/mol. The molecule has 16 heavy (non-hydrogen) atoms. The molecule has 1 aromatic rings. The molecule has 0 saturated heterocycles. The number of nitrogens with one attached hydrogen (secondary N) is 1. The highest BCUT2D eigenvalue weighted by atomic mass is 32.1. The van der Waals surface area contributed by atoms with Crippen LogP contribution < -0.4 is 5.32 Å². The molecule has 1 saturated carbocycles. The van der Waals surface area contributed by atoms with Gasteiger partial charge in [0, 0.05) is 16.3 Å². The summed E-state index contributed by atoms with van der Waals surface area (Å²) in [4.78, 5) is 6.19. The first-order valence-corrected chi connectivity index (χ1v) is 7.03. The van der Waals surface area contributed by atoms with Crippen molar-refractivity contribution in [2.45, 2.75) is 57.9 Å². The van der Waals surface area contributed by atoms with Gasteiger partial charge in [0.05, 0.1) is 10.7 Å². The summed E-state index contributed by atoms with van der Waals surface area (Å²) in [5, 5.41) is 4.74. The zero-order valence-electron chi connectivity index (χ0n) is 10.8. The molecule has 0 atom stereocenters. The van der Waals surface area contributed by atoms with Crippen molar-refractivity contribution in [3.63, 3.8) is 0 Å². The molecule has 0 bridgehead atoms. The molecule has 0 radical (unpaired) electrons. The van der Waals surface area contributed by atoms with Crippen molar-refractivity contribution in [3.05, 3.63) is 15.6 Å². The molecule has 2 rings (SSSR count). The molecule has 0 aromatic carbocycles. The smallest absolute Gasteiger partial charge is 0.0962 e. The lowest BCUT2D eigenvalue weighted by Gasteiger charge is -2.22. The minimum absolute atomic E-state index is 0.0542. The third-order valence-electron chi connectivity index (χ3n) is 3.71. The van der Waals surface area contributed by atoms with E-state index in [0.29, 0.717) is 0 Å². The molecule has 1 aromatic heterocycles. The van der Waals surface area contributed by atoms with Crippen LogP contribution in [-0.4, -0.2) is 12.0 Å². The second-order valence-electron chi connectivity index (χ2n) is 5.32. The molecular formula is C13H22N2S. The molecule has 90 valence electrons. The average Bonchev–Trinajstić information content (AvgIpc) is 2.85. The van der Waals surface area contributed by atoms with Crippen LogP contribution in [-0.2, 0) is 5.54 Å². The monoisotopic (exact) mass is 238 g/mol. The summed E-state index contributed by atoms with van der Waals surface area (Å²) >= 11 is 1.91. The summed E-state index contributed by atoms with van der Waals surface area (Å²) in [5.41, 5.74) is 1.27. The van der Waals surface area contributed by atoms with Gasteiger partial charge in [0.25, 0.3) is 0 Å². The second kappa shape index (κ2) is 4.46. The van der Waals surface area contributed by atoms with Crippen LogP contribution >= 0.6 is 11.3 Å². The van der Waals surface area contributed by atoms with Crippen LogP contribution in [0.4, 0.5) is 0 Å². The second-order valence-corrected chi connectivity index (χ2v) is 6.35. The number of hydrogen-bond acceptors (Lipinski definition) is 3. The van der Waals surface area contributed by atoms with Gasteiger partial charge in [-0.1, -0.05) is 12.8 Å². The first kappa shape index (κ1) is 12.1. The third kappa shape index (κ3) is 2.16. The van der Waals surface area contributed by atoms with Crippen LogP contribution in [0.15, 0.2) is 0 Å². The molecule has 2 nitrogen and oxygen atoms in total. The topological polar surface area (TPSA) is 24.9 Å². The predicted octanol–water partition coefficient (Wildman–Crippen LogP) is 3.56. The van der Waals surface area contributed by atoms with E-state index >= 15 is 0 Å². The summed E-state index contributed by atoms with van der Waals surface area (Å²) in [7, 11) is 2.02. The van der Waals surface area contributed by atoms with Crippen molar-refractivity contribution in [2.24, 2.45) is 0 Å². The van der Waals surface area contributed by atoms with Crippen molar-refractivity contribution in [1.82, 2.24) is 10.3 Å². The first-order valence-electron chi connectivity index (χ1n) is 6.21. The average molecular weight is 238 g/mol. The van der Waals surface area contributed by atoms with Gasteiger partial charge < -0.3 is 5.32 Å². The van der Waals surface area contributed by atoms with Gasteiger partial charge in [0.1, 0.15) is 0 Å². The highest BCUT2D eigenvalue weighted by Crippen LogP contribution is 2.39. The number of aromatic nitrogens is 1. The zero-order chi connectivity index (χ0) is 11.8. The number of nitrogens with zero attached hydrogens (tertiary/aromatic N) is 1. The molecular weight excluding hydrogens is 216 g/mol. The number of thiazole rings is 1. The van der Waals surface area contributed by atoms with E-state index in [-0.39, 0.29) is 5.54 Å². The fourth-order valence-corrected chi connectivity index (χ4v) is 3.80. The highest BCUT2D eigenvalue weighted by molar-refractivity contribution is 7.12. The molecule has 1 aliphatic rings. The molecule has 0 aliphatic heterocycles. The Morgan fingerprint density at radius 2 is 1.94 bits per heavy atom. The molecule has 1 N–H and O–H groups in total. The van der Waals surface area contributed by atoms with Gasteiger partial charge in [-0.05, 0) is 40.7 Å². The minimum Gasteiger partial charge on any atom is -0.310 e. The third-order valence-corrected chi connectivity index (χ3v) is 5.35. The summed E-state index contributed by atoms with van der Waals surface area (Å²) < 4.78 is 0.